The number of aryl methyl sites for hydroxylation is 1. The molecule has 1 heterocycles. The first kappa shape index (κ1) is 14.6. The average molecular weight is 259 g/mol. The number of benzene rings is 1. The van der Waals surface area contributed by atoms with Gasteiger partial charge in [0.05, 0.1) is 0 Å². The molecule has 2 aliphatic rings. The van der Waals surface area contributed by atoms with Crippen LogP contribution in [0.5, 0.6) is 0 Å². The lowest BCUT2D eigenvalue weighted by atomic mass is 9.82. The molecule has 0 unspecified atom stereocenters. The van der Waals surface area contributed by atoms with Gasteiger partial charge in [-0.2, -0.15) is 0 Å². The Kier molecular flexibility index (Phi) is 6.43. The molecule has 1 saturated heterocycles. The first-order valence-corrected chi connectivity index (χ1v) is 8.14. The lowest BCUT2D eigenvalue weighted by molar-refractivity contribution is 0.299. The number of rotatable bonds is 3. The molecule has 0 bridgehead atoms. The van der Waals surface area contributed by atoms with Crippen molar-refractivity contribution in [2.45, 2.75) is 51.9 Å². The zero-order valence-electron chi connectivity index (χ0n) is 12.4. The average Bonchev–Trinajstić information content (AvgIpc) is 2.95. The van der Waals surface area contributed by atoms with Crippen LogP contribution in [-0.2, 0) is 6.42 Å². The van der Waals surface area contributed by atoms with E-state index in [0.717, 1.165) is 11.8 Å². The Hall–Kier alpha value is -0.820. The number of hydrogen-bond acceptors (Lipinski definition) is 1. The molecule has 19 heavy (non-hydrogen) atoms. The fraction of sp³-hybridized carbons (Fsp3) is 0.667. The fourth-order valence-corrected chi connectivity index (χ4v) is 3.30. The molecule has 1 nitrogen and oxygen atoms in total. The summed E-state index contributed by atoms with van der Waals surface area (Å²) in [5.41, 5.74) is 1.46. The Balaban J connectivity index is 0.000000141. The second kappa shape index (κ2) is 8.37. The van der Waals surface area contributed by atoms with Crippen molar-refractivity contribution in [3.05, 3.63) is 35.9 Å². The summed E-state index contributed by atoms with van der Waals surface area (Å²) >= 11 is 0. The third kappa shape index (κ3) is 4.99. The lowest BCUT2D eigenvalue weighted by Crippen LogP contribution is -2.16. The van der Waals surface area contributed by atoms with E-state index in [4.69, 9.17) is 0 Å². The topological polar surface area (TPSA) is 12.0 Å². The van der Waals surface area contributed by atoms with Crippen LogP contribution in [0.2, 0.25) is 0 Å². The quantitative estimate of drug-likeness (QED) is 0.847. The highest BCUT2D eigenvalue weighted by atomic mass is 14.9. The van der Waals surface area contributed by atoms with Gasteiger partial charge < -0.3 is 5.32 Å². The van der Waals surface area contributed by atoms with Crippen LogP contribution >= 0.6 is 0 Å². The van der Waals surface area contributed by atoms with Crippen LogP contribution in [0.15, 0.2) is 30.3 Å². The van der Waals surface area contributed by atoms with Crippen LogP contribution in [-0.4, -0.2) is 13.1 Å². The molecular weight excluding hydrogens is 230 g/mol. The SMILES string of the molecule is C1CC[C@H]2CNC[C@H]2C1.CCCCc1ccccc1. The standard InChI is InChI=1S/C10H14.C8H15N/c1-2-3-7-10-8-5-4-6-9-10;1-2-4-8-6-9-5-7(8)3-1/h4-6,8-9H,2-3,7H2,1H3;7-9H,1-6H2/t;7-,8+. The molecule has 1 aliphatic carbocycles. The Morgan fingerprint density at radius 2 is 1.63 bits per heavy atom. The van der Waals surface area contributed by atoms with Gasteiger partial charge in [-0.05, 0) is 56.2 Å². The highest BCUT2D eigenvalue weighted by molar-refractivity contribution is 5.14. The summed E-state index contributed by atoms with van der Waals surface area (Å²) in [6.07, 6.45) is 9.80. The van der Waals surface area contributed by atoms with Crippen molar-refractivity contribution in [2.75, 3.05) is 13.1 Å². The van der Waals surface area contributed by atoms with E-state index >= 15 is 0 Å². The van der Waals surface area contributed by atoms with Gasteiger partial charge >= 0.3 is 0 Å². The Morgan fingerprint density at radius 1 is 1.00 bits per heavy atom. The van der Waals surface area contributed by atoms with Gasteiger partial charge in [-0.1, -0.05) is 56.5 Å². The minimum atomic E-state index is 1.05. The van der Waals surface area contributed by atoms with Crippen molar-refractivity contribution in [3.63, 3.8) is 0 Å². The van der Waals surface area contributed by atoms with Crippen LogP contribution in [0.1, 0.15) is 51.0 Å². The van der Waals surface area contributed by atoms with Crippen LogP contribution in [0.4, 0.5) is 0 Å². The lowest BCUT2D eigenvalue weighted by Gasteiger charge is -2.23. The third-order valence-corrected chi connectivity index (χ3v) is 4.54. The number of unbranched alkanes of at least 4 members (excludes halogenated alkanes) is 1. The van der Waals surface area contributed by atoms with E-state index in [0.29, 0.717) is 0 Å². The third-order valence-electron chi connectivity index (χ3n) is 4.54. The number of fused-ring (bicyclic) bond motifs is 1. The first-order valence-electron chi connectivity index (χ1n) is 8.14. The summed E-state index contributed by atoms with van der Waals surface area (Å²) in [6, 6.07) is 10.6. The van der Waals surface area contributed by atoms with Gasteiger partial charge in [0.15, 0.2) is 0 Å². The molecule has 106 valence electrons. The van der Waals surface area contributed by atoms with Crippen molar-refractivity contribution >= 4 is 0 Å². The van der Waals surface area contributed by atoms with Crippen LogP contribution in [0.25, 0.3) is 0 Å². The smallest absolute Gasteiger partial charge is 0.00173 e. The summed E-state index contributed by atoms with van der Waals surface area (Å²) in [6.45, 7) is 4.85. The van der Waals surface area contributed by atoms with E-state index in [9.17, 15) is 0 Å². The normalized spacial score (nSPS) is 25.3. The maximum Gasteiger partial charge on any atom is -0.00173 e. The van der Waals surface area contributed by atoms with Crippen LogP contribution in [0.3, 0.4) is 0 Å². The largest absolute Gasteiger partial charge is 0.316 e. The van der Waals surface area contributed by atoms with Crippen molar-refractivity contribution in [1.29, 1.82) is 0 Å². The summed E-state index contributed by atoms with van der Waals surface area (Å²) in [5.74, 6) is 2.11. The van der Waals surface area contributed by atoms with Gasteiger partial charge in [-0.15, -0.1) is 0 Å². The van der Waals surface area contributed by atoms with Gasteiger partial charge in [0, 0.05) is 0 Å². The van der Waals surface area contributed by atoms with Gasteiger partial charge in [0.2, 0.25) is 0 Å². The molecule has 1 aromatic carbocycles. The van der Waals surface area contributed by atoms with Crippen molar-refractivity contribution in [2.24, 2.45) is 11.8 Å². The van der Waals surface area contributed by atoms with Crippen LogP contribution < -0.4 is 5.32 Å². The van der Waals surface area contributed by atoms with Gasteiger partial charge in [0.25, 0.3) is 0 Å². The van der Waals surface area contributed by atoms with Gasteiger partial charge in [-0.25, -0.2) is 0 Å². The second-order valence-electron chi connectivity index (χ2n) is 6.05. The van der Waals surface area contributed by atoms with E-state index in [-0.39, 0.29) is 0 Å². The molecule has 2 atom stereocenters. The van der Waals surface area contributed by atoms with Crippen molar-refractivity contribution in [3.8, 4) is 0 Å². The molecular formula is C18H29N. The van der Waals surface area contributed by atoms with Gasteiger partial charge in [-0.3, -0.25) is 0 Å². The molecule has 3 rings (SSSR count). The highest BCUT2D eigenvalue weighted by Gasteiger charge is 2.28. The summed E-state index contributed by atoms with van der Waals surface area (Å²) in [7, 11) is 0. The Bertz CT molecular complexity index is 321. The van der Waals surface area contributed by atoms with E-state index < -0.39 is 0 Å². The van der Waals surface area contributed by atoms with Crippen molar-refractivity contribution in [1.82, 2.24) is 5.32 Å². The van der Waals surface area contributed by atoms with E-state index in [2.05, 4.69) is 42.6 Å². The molecule has 0 spiro atoms. The van der Waals surface area contributed by atoms with Crippen LogP contribution in [0, 0.1) is 11.8 Å². The zero-order valence-corrected chi connectivity index (χ0v) is 12.4. The second-order valence-corrected chi connectivity index (χ2v) is 6.05. The van der Waals surface area contributed by atoms with E-state index in [1.54, 1.807) is 0 Å². The first-order chi connectivity index (χ1) is 9.40. The minimum absolute atomic E-state index is 1.05. The molecule has 0 aromatic heterocycles. The Labute approximate surface area is 118 Å². The van der Waals surface area contributed by atoms with E-state index in [1.807, 2.05) is 0 Å². The maximum absolute atomic E-state index is 3.46. The molecule has 0 amide bonds. The monoisotopic (exact) mass is 259 g/mol. The fourth-order valence-electron chi connectivity index (χ4n) is 3.30. The molecule has 1 aliphatic heterocycles. The molecule has 1 aromatic rings. The maximum atomic E-state index is 3.46. The number of nitrogens with one attached hydrogen (secondary N) is 1. The summed E-state index contributed by atoms with van der Waals surface area (Å²) in [5, 5.41) is 3.46. The zero-order chi connectivity index (χ0) is 13.3. The van der Waals surface area contributed by atoms with Gasteiger partial charge in [0.1, 0.15) is 0 Å². The Morgan fingerprint density at radius 3 is 2.21 bits per heavy atom. The predicted molar refractivity (Wildman–Crippen MR) is 83.4 cm³/mol. The molecule has 1 saturated carbocycles. The predicted octanol–water partition coefficient (Wildman–Crippen LogP) is 4.43. The molecule has 0 radical (unpaired) electrons. The molecule has 2 fully saturated rings. The molecule has 1 N–H and O–H groups in total. The number of hydrogen-bond donors (Lipinski definition) is 1. The molecule has 1 heteroatoms. The van der Waals surface area contributed by atoms with E-state index in [1.165, 1.54) is 63.6 Å². The highest BCUT2D eigenvalue weighted by Crippen LogP contribution is 2.31. The summed E-state index contributed by atoms with van der Waals surface area (Å²) < 4.78 is 0. The minimum Gasteiger partial charge on any atom is -0.316 e. The van der Waals surface area contributed by atoms with Crippen molar-refractivity contribution < 1.29 is 0 Å². The summed E-state index contributed by atoms with van der Waals surface area (Å²) in [4.78, 5) is 0.